The first-order chi connectivity index (χ1) is 63.9. The zero-order valence-corrected chi connectivity index (χ0v) is 69.9. The first-order valence-corrected chi connectivity index (χ1v) is 44.1. The maximum atomic E-state index is 6.32. The zero-order chi connectivity index (χ0) is 84.7. The van der Waals surface area contributed by atoms with Gasteiger partial charge in [0.05, 0.1) is 33.6 Å². The minimum absolute atomic E-state index is 0.726. The van der Waals surface area contributed by atoms with Crippen LogP contribution < -0.4 is 0 Å². The molecule has 0 aliphatic heterocycles. The van der Waals surface area contributed by atoms with E-state index >= 15 is 0 Å². The Bertz CT molecular complexity index is 9000. The molecule has 0 unspecified atom stereocenters. The predicted molar refractivity (Wildman–Crippen MR) is 531 cm³/mol. The molecule has 0 atom stereocenters. The van der Waals surface area contributed by atoms with E-state index in [-0.39, 0.29) is 0 Å². The van der Waals surface area contributed by atoms with E-state index in [2.05, 4.69) is 370 Å². The molecule has 0 fully saturated rings. The zero-order valence-electron chi connectivity index (χ0n) is 69.9. The number of furan rings is 2. The van der Waals surface area contributed by atoms with Gasteiger partial charge in [-0.1, -0.05) is 322 Å². The van der Waals surface area contributed by atoms with Gasteiger partial charge in [0.1, 0.15) is 22.3 Å². The second kappa shape index (κ2) is 29.9. The summed E-state index contributed by atoms with van der Waals surface area (Å²) in [4.78, 5) is 30.8. The molecule has 0 spiro atoms. The van der Waals surface area contributed by atoms with Gasteiger partial charge in [0, 0.05) is 81.9 Å². The quantitative estimate of drug-likeness (QED) is 0.148. The van der Waals surface area contributed by atoms with Gasteiger partial charge < -0.3 is 8.83 Å². The molecule has 3 aliphatic carbocycles. The molecule has 25 aromatic rings. The van der Waals surface area contributed by atoms with Crippen molar-refractivity contribution in [2.24, 2.45) is 0 Å². The van der Waals surface area contributed by atoms with Crippen LogP contribution in [0.4, 0.5) is 0 Å². The molecule has 0 saturated heterocycles. The highest BCUT2D eigenvalue weighted by atomic mass is 16.3. The lowest BCUT2D eigenvalue weighted by Gasteiger charge is -2.12. The Morgan fingerprint density at radius 2 is 0.504 bits per heavy atom. The van der Waals surface area contributed by atoms with Crippen molar-refractivity contribution in [1.29, 1.82) is 0 Å². The van der Waals surface area contributed by atoms with Gasteiger partial charge >= 0.3 is 0 Å². The Hall–Kier alpha value is -16.9. The van der Waals surface area contributed by atoms with Crippen LogP contribution in [0.15, 0.2) is 421 Å². The summed E-state index contributed by atoms with van der Waals surface area (Å²) >= 11 is 0. The highest BCUT2D eigenvalue weighted by molar-refractivity contribution is 6.17. The average Bonchev–Trinajstić information content (AvgIpc) is 1.70. The molecule has 600 valence electrons. The number of hydrogen-bond donors (Lipinski definition) is 0. The molecule has 5 aromatic heterocycles. The maximum Gasteiger partial charge on any atom is 0.160 e. The van der Waals surface area contributed by atoms with Crippen molar-refractivity contribution in [2.45, 2.75) is 19.3 Å². The second-order valence-electron chi connectivity index (χ2n) is 34.1. The van der Waals surface area contributed by atoms with Gasteiger partial charge in [0.25, 0.3) is 0 Å². The average molecular weight is 1640 g/mol. The lowest BCUT2D eigenvalue weighted by atomic mass is 9.96. The van der Waals surface area contributed by atoms with Crippen molar-refractivity contribution < 1.29 is 8.83 Å². The van der Waals surface area contributed by atoms with Crippen LogP contribution in [-0.4, -0.2) is 29.9 Å². The molecule has 0 N–H and O–H groups in total. The fourth-order valence-corrected chi connectivity index (χ4v) is 20.4. The van der Waals surface area contributed by atoms with Crippen LogP contribution in [0.1, 0.15) is 33.4 Å². The molecule has 0 amide bonds. The first-order valence-electron chi connectivity index (χ1n) is 44.1. The number of hydrogen-bond acceptors (Lipinski definition) is 8. The summed E-state index contributed by atoms with van der Waals surface area (Å²) in [6, 6.07) is 146. The Morgan fingerprint density at radius 1 is 0.171 bits per heavy atom. The van der Waals surface area contributed by atoms with Crippen LogP contribution in [0.2, 0.25) is 0 Å². The summed E-state index contributed by atoms with van der Waals surface area (Å²) in [5, 5.41) is 17.3. The van der Waals surface area contributed by atoms with Crippen LogP contribution in [0.3, 0.4) is 0 Å². The van der Waals surface area contributed by atoms with E-state index in [0.29, 0.717) is 0 Å². The van der Waals surface area contributed by atoms with E-state index in [1.54, 1.807) is 0 Å². The van der Waals surface area contributed by atoms with Crippen LogP contribution in [0, 0.1) is 0 Å². The minimum Gasteiger partial charge on any atom is -0.455 e. The smallest absolute Gasteiger partial charge is 0.160 e. The molecular formula is C121H74N6O2. The Labute approximate surface area is 742 Å². The van der Waals surface area contributed by atoms with Crippen molar-refractivity contribution in [2.75, 3.05) is 0 Å². The van der Waals surface area contributed by atoms with Crippen molar-refractivity contribution in [1.82, 2.24) is 29.9 Å². The third-order valence-electron chi connectivity index (χ3n) is 26.7. The predicted octanol–water partition coefficient (Wildman–Crippen LogP) is 31.4. The summed E-state index contributed by atoms with van der Waals surface area (Å²) in [6.45, 7) is 0. The minimum atomic E-state index is 0.726. The Kier molecular flexibility index (Phi) is 17.1. The van der Waals surface area contributed by atoms with E-state index in [0.717, 1.165) is 191 Å². The maximum absolute atomic E-state index is 6.32. The van der Waals surface area contributed by atoms with Gasteiger partial charge in [0.15, 0.2) is 17.5 Å². The third kappa shape index (κ3) is 12.6. The summed E-state index contributed by atoms with van der Waals surface area (Å²) in [7, 11) is 0. The van der Waals surface area contributed by atoms with Gasteiger partial charge in [0.2, 0.25) is 0 Å². The normalized spacial score (nSPS) is 12.2. The van der Waals surface area contributed by atoms with E-state index in [1.165, 1.54) is 105 Å². The molecule has 5 heterocycles. The number of fused-ring (bicyclic) bond motifs is 26. The standard InChI is InChI=1S/C43H28N2.C41H24N2O.C37H22N2O/c1-2-9-28(10-3-1)29-17-19-30(20-18-29)31-12-8-13-35(25-31)43-44-41-16-7-6-15-39(41)42(45-43)34-22-23-37-33(26-34)21-24-38-36-14-5-4-11-32(36)27-40(37)38;1-2-8-29-24(7-1)13-19-32-30-17-16-27(22-28(30)23-36(29)32)41-42-37-11-5-3-10-35(37)39(43-41)26-15-18-31-25(21-26)14-20-34-33-9-4-6-12-38(33)44-40(31)34;1-2-8-27-22(7-1)20-26-21-24(14-16-28(26)27)35-32-10-3-5-11-33(32)38-37(39-35)25-15-17-29-23(19-25)13-18-31-30-9-4-6-12-34(30)40-36(29)31/h1-26H,27H2;1-22H,23H2;1-19,21H,20H2. The number of benzene rings is 20. The summed E-state index contributed by atoms with van der Waals surface area (Å²) in [6.07, 6.45) is 2.85. The topological polar surface area (TPSA) is 104 Å². The summed E-state index contributed by atoms with van der Waals surface area (Å²) < 4.78 is 12.6. The lowest BCUT2D eigenvalue weighted by molar-refractivity contribution is 0.672. The van der Waals surface area contributed by atoms with Gasteiger partial charge in [-0.05, 0) is 232 Å². The SMILES string of the molecule is c1ccc(-c2ccc(-c3cccc(-c4nc(-c5ccc6c7c(ccc6c5)-c5ccccc5C7)c5ccccc5n4)c3)cc2)cc1.c1ccc2c(c1)Cc1cc(-c3nc(-c4ccc5c(ccc6c7ccccc7oc56)c4)nc4ccccc34)ccc1-2.c1ccc2c3c(ccc2c1)-c1ccc(-c2nc(-c4ccc5c(ccc6c7ccccc7oc56)c4)c4ccccc4n2)cc1C3. The first kappa shape index (κ1) is 73.6. The molecule has 0 radical (unpaired) electrons. The second-order valence-corrected chi connectivity index (χ2v) is 34.1. The van der Waals surface area contributed by atoms with Crippen molar-refractivity contribution in [3.05, 3.63) is 446 Å². The van der Waals surface area contributed by atoms with Crippen LogP contribution in [0.5, 0.6) is 0 Å². The van der Waals surface area contributed by atoms with Crippen molar-refractivity contribution >= 4 is 120 Å². The largest absolute Gasteiger partial charge is 0.455 e. The molecule has 8 nitrogen and oxygen atoms in total. The fraction of sp³-hybridized carbons (Fsp3) is 0.0248. The van der Waals surface area contributed by atoms with Gasteiger partial charge in [-0.15, -0.1) is 0 Å². The van der Waals surface area contributed by atoms with E-state index in [4.69, 9.17) is 38.7 Å². The molecule has 28 rings (SSSR count). The van der Waals surface area contributed by atoms with Gasteiger partial charge in [-0.2, -0.15) is 0 Å². The fourth-order valence-electron chi connectivity index (χ4n) is 20.4. The molecule has 129 heavy (non-hydrogen) atoms. The van der Waals surface area contributed by atoms with E-state index < -0.39 is 0 Å². The summed E-state index contributed by atoms with van der Waals surface area (Å²) in [5.74, 6) is 2.20. The molecule has 0 bridgehead atoms. The Morgan fingerprint density at radius 3 is 1.10 bits per heavy atom. The monoisotopic (exact) mass is 1640 g/mol. The third-order valence-corrected chi connectivity index (χ3v) is 26.7. The van der Waals surface area contributed by atoms with Gasteiger partial charge in [-0.3, -0.25) is 0 Å². The van der Waals surface area contributed by atoms with Crippen molar-refractivity contribution in [3.8, 4) is 124 Å². The molecular weight excluding hydrogens is 1570 g/mol. The van der Waals surface area contributed by atoms with E-state index in [9.17, 15) is 0 Å². The molecule has 20 aromatic carbocycles. The number of rotatable bonds is 8. The highest BCUT2D eigenvalue weighted by Gasteiger charge is 2.27. The highest BCUT2D eigenvalue weighted by Crippen LogP contribution is 2.48. The van der Waals surface area contributed by atoms with Crippen molar-refractivity contribution in [3.63, 3.8) is 0 Å². The van der Waals surface area contributed by atoms with Gasteiger partial charge in [-0.25, -0.2) is 29.9 Å². The van der Waals surface area contributed by atoms with Crippen LogP contribution in [-0.2, 0) is 19.3 Å². The van der Waals surface area contributed by atoms with Crippen LogP contribution in [0.25, 0.3) is 243 Å². The van der Waals surface area contributed by atoms with Crippen LogP contribution >= 0.6 is 0 Å². The molecule has 3 aliphatic rings. The number of para-hydroxylation sites is 5. The molecule has 8 heteroatoms. The van der Waals surface area contributed by atoms with E-state index in [1.807, 2.05) is 42.5 Å². The Balaban J connectivity index is 0.000000102. The molecule has 0 saturated carbocycles. The lowest BCUT2D eigenvalue weighted by Crippen LogP contribution is -1.96. The number of nitrogens with zero attached hydrogens (tertiary/aromatic N) is 6. The number of aromatic nitrogens is 6. The summed E-state index contributed by atoms with van der Waals surface area (Å²) in [5.41, 5.74) is 36.7.